The molecule has 19 heavy (non-hydrogen) atoms. The molecule has 0 amide bonds. The molecule has 0 saturated heterocycles. The van der Waals surface area contributed by atoms with E-state index in [-0.39, 0.29) is 6.61 Å². The highest BCUT2D eigenvalue weighted by Crippen LogP contribution is 2.15. The van der Waals surface area contributed by atoms with Gasteiger partial charge in [-0.1, -0.05) is 30.3 Å². The minimum atomic E-state index is -2.64. The van der Waals surface area contributed by atoms with E-state index in [0.29, 0.717) is 0 Å². The lowest BCUT2D eigenvalue weighted by molar-refractivity contribution is -0.140. The van der Waals surface area contributed by atoms with Crippen LogP contribution >= 0.6 is 0 Å². The van der Waals surface area contributed by atoms with Crippen molar-refractivity contribution >= 4 is 0 Å². The minimum Gasteiger partial charge on any atom is -0.356 e. The second-order valence-corrected chi connectivity index (χ2v) is 4.33. The topological polar surface area (TPSA) is 65.3 Å². The van der Waals surface area contributed by atoms with Crippen LogP contribution < -0.4 is 5.32 Å². The molecule has 4 nitrogen and oxygen atoms in total. The molecule has 104 valence electrons. The predicted molar refractivity (Wildman–Crippen MR) is 65.0 cm³/mol. The molecule has 0 aliphatic rings. The first-order valence-corrected chi connectivity index (χ1v) is 5.76. The van der Waals surface area contributed by atoms with Gasteiger partial charge in [0, 0.05) is 6.42 Å². The Labute approximate surface area is 110 Å². The second kappa shape index (κ2) is 7.14. The van der Waals surface area contributed by atoms with Crippen molar-refractivity contribution in [3.8, 4) is 6.07 Å². The van der Waals surface area contributed by atoms with Crippen molar-refractivity contribution in [1.82, 2.24) is 5.32 Å². The van der Waals surface area contributed by atoms with Gasteiger partial charge >= 0.3 is 0 Å². The molecule has 0 aromatic heterocycles. The first-order valence-electron chi connectivity index (χ1n) is 5.76. The molecule has 6 heteroatoms. The summed E-state index contributed by atoms with van der Waals surface area (Å²) < 4.78 is 29.7. The first-order chi connectivity index (χ1) is 8.95. The molecule has 2 N–H and O–H groups in total. The number of nitrogens with zero attached hydrogens (tertiary/aromatic N) is 1. The van der Waals surface area contributed by atoms with Gasteiger partial charge in [0.05, 0.1) is 12.7 Å². The summed E-state index contributed by atoms with van der Waals surface area (Å²) in [6.07, 6.45) is -4.81. The average Bonchev–Trinajstić information content (AvgIpc) is 2.36. The van der Waals surface area contributed by atoms with Crippen molar-refractivity contribution in [2.75, 3.05) is 0 Å². The molecule has 2 unspecified atom stereocenters. The maximum atomic E-state index is 12.3. The van der Waals surface area contributed by atoms with E-state index in [4.69, 9.17) is 10.00 Å². The predicted octanol–water partition coefficient (Wildman–Crippen LogP) is 2.01. The molecule has 2 atom stereocenters. The van der Waals surface area contributed by atoms with Gasteiger partial charge in [-0.2, -0.15) is 5.26 Å². The number of alkyl halides is 2. The van der Waals surface area contributed by atoms with Crippen molar-refractivity contribution in [2.24, 2.45) is 0 Å². The molecular weight excluding hydrogens is 254 g/mol. The fraction of sp³-hybridized carbons (Fsp3) is 0.462. The van der Waals surface area contributed by atoms with Gasteiger partial charge in [-0.25, -0.2) is 8.78 Å². The van der Waals surface area contributed by atoms with Crippen molar-refractivity contribution in [1.29, 1.82) is 5.26 Å². The van der Waals surface area contributed by atoms with Gasteiger partial charge in [0.25, 0.3) is 0 Å². The molecule has 0 radical (unpaired) electrons. The Morgan fingerprint density at radius 1 is 1.42 bits per heavy atom. The smallest absolute Gasteiger partial charge is 0.241 e. The Balaban J connectivity index is 2.46. The van der Waals surface area contributed by atoms with Crippen LogP contribution in [0.2, 0.25) is 0 Å². The van der Waals surface area contributed by atoms with Crippen LogP contribution in [0.15, 0.2) is 30.3 Å². The number of hydrogen-bond donors (Lipinski definition) is 2. The minimum absolute atomic E-state index is 0.116. The van der Waals surface area contributed by atoms with Crippen molar-refractivity contribution in [3.05, 3.63) is 35.9 Å². The molecule has 0 spiro atoms. The van der Waals surface area contributed by atoms with Crippen LogP contribution in [-0.4, -0.2) is 23.5 Å². The summed E-state index contributed by atoms with van der Waals surface area (Å²) in [5.74, 6) is 0. The zero-order valence-electron chi connectivity index (χ0n) is 10.5. The van der Waals surface area contributed by atoms with Gasteiger partial charge in [0.15, 0.2) is 0 Å². The highest BCUT2D eigenvalue weighted by molar-refractivity contribution is 5.13. The number of rotatable bonds is 7. The Bertz CT molecular complexity index is 422. The number of nitrogens with one attached hydrogen (secondary N) is 1. The standard InChI is InChI=1S/C13H16F2N2O2/c1-13(9-16,7-11(14)15)17-12(18)19-8-10-5-3-2-4-6-10/h2-6,11-12,17-18H,7-8H2,1H3. The lowest BCUT2D eigenvalue weighted by Gasteiger charge is -2.26. The van der Waals surface area contributed by atoms with Gasteiger partial charge in [-0.3, -0.25) is 5.32 Å². The maximum Gasteiger partial charge on any atom is 0.241 e. The molecule has 1 rings (SSSR count). The zero-order valence-corrected chi connectivity index (χ0v) is 10.5. The number of halogens is 2. The molecular formula is C13H16F2N2O2. The maximum absolute atomic E-state index is 12.3. The summed E-state index contributed by atoms with van der Waals surface area (Å²) in [5.41, 5.74) is -0.708. The summed E-state index contributed by atoms with van der Waals surface area (Å²) >= 11 is 0. The third kappa shape index (κ3) is 5.75. The Hall–Kier alpha value is -1.55. The van der Waals surface area contributed by atoms with E-state index < -0.39 is 24.8 Å². The highest BCUT2D eigenvalue weighted by atomic mass is 19.3. The lowest BCUT2D eigenvalue weighted by atomic mass is 10.0. The van der Waals surface area contributed by atoms with E-state index in [1.807, 2.05) is 18.2 Å². The quantitative estimate of drug-likeness (QED) is 0.744. The van der Waals surface area contributed by atoms with Gasteiger partial charge < -0.3 is 9.84 Å². The molecule has 0 saturated carbocycles. The van der Waals surface area contributed by atoms with E-state index in [1.54, 1.807) is 18.2 Å². The molecule has 0 aliphatic carbocycles. The van der Waals surface area contributed by atoms with Gasteiger partial charge in [0.1, 0.15) is 5.54 Å². The molecule has 1 aromatic rings. The third-order valence-electron chi connectivity index (χ3n) is 2.50. The number of nitriles is 1. The third-order valence-corrected chi connectivity index (χ3v) is 2.50. The molecule has 1 aromatic carbocycles. The molecule has 0 aliphatic heterocycles. The lowest BCUT2D eigenvalue weighted by Crippen LogP contribution is -2.49. The average molecular weight is 270 g/mol. The summed E-state index contributed by atoms with van der Waals surface area (Å²) in [7, 11) is 0. The first kappa shape index (κ1) is 15.5. The van der Waals surface area contributed by atoms with Crippen LogP contribution in [0.4, 0.5) is 8.78 Å². The van der Waals surface area contributed by atoms with Crippen molar-refractivity contribution < 1.29 is 18.6 Å². The Morgan fingerprint density at radius 2 is 2.05 bits per heavy atom. The van der Waals surface area contributed by atoms with E-state index in [0.717, 1.165) is 5.56 Å². The van der Waals surface area contributed by atoms with Crippen LogP contribution in [0.25, 0.3) is 0 Å². The molecule has 0 bridgehead atoms. The number of aliphatic hydroxyl groups excluding tert-OH is 1. The van der Waals surface area contributed by atoms with E-state index >= 15 is 0 Å². The zero-order chi connectivity index (χ0) is 14.3. The fourth-order valence-corrected chi connectivity index (χ4v) is 1.51. The summed E-state index contributed by atoms with van der Waals surface area (Å²) in [6.45, 7) is 1.40. The SMILES string of the molecule is CC(C#N)(CC(F)F)NC(O)OCc1ccccc1. The van der Waals surface area contributed by atoms with Gasteiger partial charge in [-0.05, 0) is 12.5 Å². The van der Waals surface area contributed by atoms with Crippen LogP contribution in [0.5, 0.6) is 0 Å². The largest absolute Gasteiger partial charge is 0.356 e. The summed E-state index contributed by atoms with van der Waals surface area (Å²) in [6, 6.07) is 10.8. The van der Waals surface area contributed by atoms with E-state index in [1.165, 1.54) is 6.92 Å². The van der Waals surface area contributed by atoms with Gasteiger partial charge in [0.2, 0.25) is 12.8 Å². The molecule has 0 fully saturated rings. The van der Waals surface area contributed by atoms with Crippen LogP contribution in [0.3, 0.4) is 0 Å². The highest BCUT2D eigenvalue weighted by Gasteiger charge is 2.30. The van der Waals surface area contributed by atoms with Crippen LogP contribution in [-0.2, 0) is 11.3 Å². The number of aliphatic hydroxyl groups is 1. The van der Waals surface area contributed by atoms with Crippen LogP contribution in [0, 0.1) is 11.3 Å². The van der Waals surface area contributed by atoms with Crippen molar-refractivity contribution in [2.45, 2.75) is 38.3 Å². The Morgan fingerprint density at radius 3 is 2.58 bits per heavy atom. The Kier molecular flexibility index (Phi) is 5.83. The van der Waals surface area contributed by atoms with Gasteiger partial charge in [-0.15, -0.1) is 0 Å². The summed E-state index contributed by atoms with van der Waals surface area (Å²) in [5, 5.41) is 20.8. The number of ether oxygens (including phenoxy) is 1. The number of benzene rings is 1. The monoisotopic (exact) mass is 270 g/mol. The van der Waals surface area contributed by atoms with E-state index in [9.17, 15) is 13.9 Å². The number of hydrogen-bond acceptors (Lipinski definition) is 4. The normalized spacial score (nSPS) is 15.8. The fourth-order valence-electron chi connectivity index (χ4n) is 1.51. The van der Waals surface area contributed by atoms with E-state index in [2.05, 4.69) is 5.32 Å². The molecule has 0 heterocycles. The van der Waals surface area contributed by atoms with Crippen LogP contribution in [0.1, 0.15) is 18.9 Å². The van der Waals surface area contributed by atoms with Crippen molar-refractivity contribution in [3.63, 3.8) is 0 Å². The second-order valence-electron chi connectivity index (χ2n) is 4.33. The summed E-state index contributed by atoms with van der Waals surface area (Å²) in [4.78, 5) is 0.